The third-order valence-corrected chi connectivity index (χ3v) is 4.37. The van der Waals surface area contributed by atoms with Crippen LogP contribution in [0.3, 0.4) is 0 Å². The molecule has 0 N–H and O–H groups in total. The van der Waals surface area contributed by atoms with Gasteiger partial charge in [-0.15, -0.1) is 0 Å². The van der Waals surface area contributed by atoms with E-state index in [4.69, 9.17) is 39.5 Å². The quantitative estimate of drug-likeness (QED) is 0.534. The first-order valence-corrected chi connectivity index (χ1v) is 8.18. The molecule has 1 aromatic carbocycles. The number of hydrogen-bond acceptors (Lipinski definition) is 3. The molecule has 0 heterocycles. The normalized spacial score (nSPS) is 15.2. The van der Waals surface area contributed by atoms with Gasteiger partial charge in [0.15, 0.2) is 17.3 Å². The van der Waals surface area contributed by atoms with E-state index in [9.17, 15) is 9.59 Å². The van der Waals surface area contributed by atoms with Gasteiger partial charge in [-0.05, 0) is 31.4 Å². The molecule has 0 aromatic heterocycles. The van der Waals surface area contributed by atoms with Crippen LogP contribution in [0.5, 0.6) is 5.75 Å². The zero-order valence-electron chi connectivity index (χ0n) is 12.0. The lowest BCUT2D eigenvalue weighted by Gasteiger charge is -2.16. The molecule has 6 heteroatoms. The van der Waals surface area contributed by atoms with E-state index in [0.29, 0.717) is 35.9 Å². The van der Waals surface area contributed by atoms with Crippen LogP contribution in [0, 0.1) is 0 Å². The first-order chi connectivity index (χ1) is 10.5. The summed E-state index contributed by atoms with van der Waals surface area (Å²) < 4.78 is 5.50. The predicted molar refractivity (Wildman–Crippen MR) is 88.3 cm³/mol. The Kier molecular flexibility index (Phi) is 5.90. The van der Waals surface area contributed by atoms with Crippen molar-refractivity contribution in [3.8, 4) is 5.75 Å². The van der Waals surface area contributed by atoms with Gasteiger partial charge < -0.3 is 4.74 Å². The van der Waals surface area contributed by atoms with Gasteiger partial charge in [0.25, 0.3) is 0 Å². The second-order valence-corrected chi connectivity index (χ2v) is 6.21. The zero-order valence-corrected chi connectivity index (χ0v) is 14.3. The molecule has 0 amide bonds. The van der Waals surface area contributed by atoms with Gasteiger partial charge >= 0.3 is 0 Å². The van der Waals surface area contributed by atoms with Gasteiger partial charge in [-0.3, -0.25) is 9.59 Å². The fraction of sp³-hybridized carbons (Fsp3) is 0.375. The summed E-state index contributed by atoms with van der Waals surface area (Å²) >= 11 is 18.4. The number of carbonyl (C=O) groups excluding carboxylic acids is 2. The van der Waals surface area contributed by atoms with Crippen molar-refractivity contribution in [2.75, 3.05) is 6.61 Å². The molecule has 0 unspecified atom stereocenters. The van der Waals surface area contributed by atoms with Crippen LogP contribution < -0.4 is 4.74 Å². The average Bonchev–Trinajstić information content (AvgIpc) is 2.47. The van der Waals surface area contributed by atoms with Gasteiger partial charge in [-0.1, -0.05) is 41.7 Å². The van der Waals surface area contributed by atoms with E-state index >= 15 is 0 Å². The smallest absolute Gasteiger partial charge is 0.199 e. The number of allylic oxidation sites excluding steroid dienone is 2. The third-order valence-electron chi connectivity index (χ3n) is 3.32. The molecule has 118 valence electrons. The Hall–Kier alpha value is -1.03. The molecule has 0 saturated heterocycles. The van der Waals surface area contributed by atoms with Gasteiger partial charge in [0.1, 0.15) is 0 Å². The molecule has 0 bridgehead atoms. The highest BCUT2D eigenvalue weighted by atomic mass is 35.5. The number of ketones is 2. The van der Waals surface area contributed by atoms with Crippen LogP contribution in [0.2, 0.25) is 10.0 Å². The lowest BCUT2D eigenvalue weighted by Crippen LogP contribution is -2.18. The standard InChI is InChI=1S/C16H15Cl3O3/c1-2-8-22-16-11(18)7-6-9(14(16)19)15(21)13-10(17)4-3-5-12(13)20/h6-7H,2-5,8H2,1H3. The number of Topliss-reactive ketones (excluding diaryl/α,β-unsaturated/α-hetero) is 2. The monoisotopic (exact) mass is 360 g/mol. The SMILES string of the molecule is CCCOc1c(Cl)ccc(C(=O)C2=C(Cl)CCCC2=O)c1Cl. The van der Waals surface area contributed by atoms with Crippen molar-refractivity contribution in [3.05, 3.63) is 38.3 Å². The Morgan fingerprint density at radius 2 is 1.95 bits per heavy atom. The molecule has 0 fully saturated rings. The van der Waals surface area contributed by atoms with Crippen molar-refractivity contribution in [2.24, 2.45) is 0 Å². The summed E-state index contributed by atoms with van der Waals surface area (Å²) in [5, 5.41) is 0.731. The summed E-state index contributed by atoms with van der Waals surface area (Å²) in [6.07, 6.45) is 2.29. The Bertz CT molecular complexity index is 650. The highest BCUT2D eigenvalue weighted by Crippen LogP contribution is 2.38. The summed E-state index contributed by atoms with van der Waals surface area (Å²) in [6.45, 7) is 2.38. The molecule has 0 atom stereocenters. The molecular formula is C16H15Cl3O3. The van der Waals surface area contributed by atoms with Crippen molar-refractivity contribution in [1.29, 1.82) is 0 Å². The Balaban J connectivity index is 2.44. The van der Waals surface area contributed by atoms with E-state index in [2.05, 4.69) is 0 Å². The van der Waals surface area contributed by atoms with E-state index in [1.165, 1.54) is 12.1 Å². The molecule has 1 aliphatic carbocycles. The van der Waals surface area contributed by atoms with Gasteiger partial charge in [-0.25, -0.2) is 0 Å². The topological polar surface area (TPSA) is 43.4 Å². The van der Waals surface area contributed by atoms with Crippen molar-refractivity contribution in [2.45, 2.75) is 32.6 Å². The minimum atomic E-state index is -0.474. The molecule has 0 spiro atoms. The van der Waals surface area contributed by atoms with Crippen LogP contribution in [0.4, 0.5) is 0 Å². The summed E-state index contributed by atoms with van der Waals surface area (Å²) in [5.41, 5.74) is 0.208. The van der Waals surface area contributed by atoms with Gasteiger partial charge in [0.05, 0.1) is 22.2 Å². The van der Waals surface area contributed by atoms with Crippen LogP contribution >= 0.6 is 34.8 Å². The van der Waals surface area contributed by atoms with Gasteiger partial charge in [0, 0.05) is 17.0 Å². The van der Waals surface area contributed by atoms with Gasteiger partial charge in [-0.2, -0.15) is 0 Å². The Morgan fingerprint density at radius 1 is 1.23 bits per heavy atom. The molecule has 3 nitrogen and oxygen atoms in total. The summed E-state index contributed by atoms with van der Waals surface area (Å²) in [4.78, 5) is 24.6. The number of rotatable bonds is 5. The van der Waals surface area contributed by atoms with Crippen LogP contribution in [0.15, 0.2) is 22.7 Å². The van der Waals surface area contributed by atoms with E-state index in [1.54, 1.807) is 0 Å². The fourth-order valence-corrected chi connectivity index (χ4v) is 3.12. The first kappa shape index (κ1) is 17.3. The number of halogens is 3. The van der Waals surface area contributed by atoms with Crippen molar-refractivity contribution in [1.82, 2.24) is 0 Å². The average molecular weight is 362 g/mol. The molecule has 1 aromatic rings. The number of carbonyl (C=O) groups is 2. The number of ether oxygens (including phenoxy) is 1. The molecule has 22 heavy (non-hydrogen) atoms. The summed E-state index contributed by atoms with van der Waals surface area (Å²) in [6, 6.07) is 3.03. The van der Waals surface area contributed by atoms with Crippen molar-refractivity contribution < 1.29 is 14.3 Å². The van der Waals surface area contributed by atoms with Crippen LogP contribution in [-0.2, 0) is 4.79 Å². The third kappa shape index (κ3) is 3.48. The maximum atomic E-state index is 12.6. The molecule has 0 aliphatic heterocycles. The summed E-state index contributed by atoms with van der Waals surface area (Å²) in [5.74, 6) is -0.461. The number of benzene rings is 1. The lowest BCUT2D eigenvalue weighted by molar-refractivity contribution is -0.115. The van der Waals surface area contributed by atoms with Gasteiger partial charge in [0.2, 0.25) is 0 Å². The molecule has 2 rings (SSSR count). The van der Waals surface area contributed by atoms with E-state index in [-0.39, 0.29) is 27.7 Å². The van der Waals surface area contributed by atoms with E-state index in [0.717, 1.165) is 6.42 Å². The zero-order chi connectivity index (χ0) is 16.3. The lowest BCUT2D eigenvalue weighted by atomic mass is 9.91. The second-order valence-electron chi connectivity index (χ2n) is 4.97. The highest BCUT2D eigenvalue weighted by molar-refractivity contribution is 6.43. The minimum Gasteiger partial charge on any atom is -0.490 e. The van der Waals surface area contributed by atoms with Crippen LogP contribution in [0.1, 0.15) is 43.0 Å². The highest BCUT2D eigenvalue weighted by Gasteiger charge is 2.29. The Labute approximate surface area is 144 Å². The predicted octanol–water partition coefficient (Wildman–Crippen LogP) is 5.21. The fourth-order valence-electron chi connectivity index (χ4n) is 2.23. The van der Waals surface area contributed by atoms with Crippen molar-refractivity contribution >= 4 is 46.4 Å². The number of hydrogen-bond donors (Lipinski definition) is 0. The minimum absolute atomic E-state index is 0.0265. The first-order valence-electron chi connectivity index (χ1n) is 7.04. The summed E-state index contributed by atoms with van der Waals surface area (Å²) in [7, 11) is 0. The largest absolute Gasteiger partial charge is 0.490 e. The van der Waals surface area contributed by atoms with E-state index in [1.807, 2.05) is 6.92 Å². The molecule has 0 saturated carbocycles. The maximum Gasteiger partial charge on any atom is 0.199 e. The molecular weight excluding hydrogens is 347 g/mol. The van der Waals surface area contributed by atoms with Crippen LogP contribution in [-0.4, -0.2) is 18.2 Å². The Morgan fingerprint density at radius 3 is 2.59 bits per heavy atom. The molecule has 0 radical (unpaired) electrons. The molecule has 1 aliphatic rings. The van der Waals surface area contributed by atoms with Crippen LogP contribution in [0.25, 0.3) is 0 Å². The van der Waals surface area contributed by atoms with Crippen molar-refractivity contribution in [3.63, 3.8) is 0 Å². The second kappa shape index (κ2) is 7.49. The maximum absolute atomic E-state index is 12.6. The van der Waals surface area contributed by atoms with E-state index < -0.39 is 5.78 Å².